The summed E-state index contributed by atoms with van der Waals surface area (Å²) >= 11 is -2.59. The molecule has 0 spiro atoms. The average Bonchev–Trinajstić information content (AvgIpc) is 2.29. The SMILES string of the molecule is CC=C[CH2][Sn]([CH2]C=CC)([CH2]C=CC)[O]C(C)(C)C. The molecule has 0 atom stereocenters. The second-order valence-corrected chi connectivity index (χ2v) is 16.5. The van der Waals surface area contributed by atoms with Crippen LogP contribution in [0, 0.1) is 0 Å². The van der Waals surface area contributed by atoms with Crippen molar-refractivity contribution < 1.29 is 3.07 Å². The molecule has 0 aromatic rings. The third-order valence-electron chi connectivity index (χ3n) is 2.70. The van der Waals surface area contributed by atoms with Crippen LogP contribution in [0.2, 0.25) is 13.3 Å². The zero-order valence-electron chi connectivity index (χ0n) is 13.0. The van der Waals surface area contributed by atoms with Crippen molar-refractivity contribution in [2.75, 3.05) is 0 Å². The van der Waals surface area contributed by atoms with E-state index in [2.05, 4.69) is 78.0 Å². The van der Waals surface area contributed by atoms with Gasteiger partial charge in [-0.25, -0.2) is 0 Å². The first-order chi connectivity index (χ1) is 8.39. The first-order valence-corrected chi connectivity index (χ1v) is 14.1. The van der Waals surface area contributed by atoms with E-state index < -0.39 is 18.8 Å². The van der Waals surface area contributed by atoms with Gasteiger partial charge < -0.3 is 0 Å². The molecule has 0 rings (SSSR count). The summed E-state index contributed by atoms with van der Waals surface area (Å²) in [4.78, 5) is 0. The summed E-state index contributed by atoms with van der Waals surface area (Å²) < 4.78 is 10.1. The monoisotopic (exact) mass is 358 g/mol. The number of allylic oxidation sites excluding steroid dienone is 6. The number of rotatable bonds is 7. The van der Waals surface area contributed by atoms with Crippen molar-refractivity contribution >= 4 is 18.8 Å². The van der Waals surface area contributed by atoms with Crippen molar-refractivity contribution in [1.82, 2.24) is 0 Å². The third kappa shape index (κ3) is 8.15. The van der Waals surface area contributed by atoms with E-state index in [1.54, 1.807) is 0 Å². The van der Waals surface area contributed by atoms with E-state index in [0.29, 0.717) is 0 Å². The molecule has 0 saturated heterocycles. The summed E-state index contributed by atoms with van der Waals surface area (Å²) in [6, 6.07) is 0. The summed E-state index contributed by atoms with van der Waals surface area (Å²) in [5.41, 5.74) is -0.0270. The first-order valence-electron chi connectivity index (χ1n) is 6.93. The molecule has 0 saturated carbocycles. The van der Waals surface area contributed by atoms with Crippen LogP contribution in [0.25, 0.3) is 0 Å². The van der Waals surface area contributed by atoms with Gasteiger partial charge >= 0.3 is 119 Å². The van der Waals surface area contributed by atoms with E-state index >= 15 is 0 Å². The van der Waals surface area contributed by atoms with Crippen LogP contribution >= 0.6 is 0 Å². The predicted molar refractivity (Wildman–Crippen MR) is 85.5 cm³/mol. The van der Waals surface area contributed by atoms with E-state index in [4.69, 9.17) is 3.07 Å². The molecule has 0 aliphatic rings. The molecule has 0 N–H and O–H groups in total. The van der Waals surface area contributed by atoms with Crippen LogP contribution in [0.3, 0.4) is 0 Å². The Balaban J connectivity index is 5.08. The fourth-order valence-corrected chi connectivity index (χ4v) is 13.6. The van der Waals surface area contributed by atoms with Crippen molar-refractivity contribution in [3.05, 3.63) is 36.5 Å². The van der Waals surface area contributed by atoms with E-state index in [-0.39, 0.29) is 5.60 Å². The fourth-order valence-electron chi connectivity index (χ4n) is 2.02. The van der Waals surface area contributed by atoms with E-state index in [0.717, 1.165) is 13.3 Å². The van der Waals surface area contributed by atoms with Crippen LogP contribution in [-0.4, -0.2) is 24.4 Å². The molecule has 0 aliphatic heterocycles. The Morgan fingerprint density at radius 3 is 1.33 bits per heavy atom. The van der Waals surface area contributed by atoms with E-state index in [1.807, 2.05) is 0 Å². The molecule has 0 fully saturated rings. The molecule has 0 heterocycles. The van der Waals surface area contributed by atoms with Crippen molar-refractivity contribution in [2.45, 2.75) is 60.5 Å². The number of hydrogen-bond acceptors (Lipinski definition) is 1. The van der Waals surface area contributed by atoms with Gasteiger partial charge in [-0.3, -0.25) is 0 Å². The summed E-state index contributed by atoms with van der Waals surface area (Å²) in [6.07, 6.45) is 13.4. The van der Waals surface area contributed by atoms with Gasteiger partial charge in [0.2, 0.25) is 0 Å². The van der Waals surface area contributed by atoms with Gasteiger partial charge in [0.15, 0.2) is 0 Å². The third-order valence-corrected chi connectivity index (χ3v) is 14.1. The molecule has 0 radical (unpaired) electrons. The van der Waals surface area contributed by atoms with Crippen LogP contribution < -0.4 is 0 Å². The molecule has 1 nitrogen and oxygen atoms in total. The summed E-state index contributed by atoms with van der Waals surface area (Å²) in [6.45, 7) is 12.8. The molecule has 0 unspecified atom stereocenters. The second kappa shape index (κ2) is 8.97. The normalized spacial score (nSPS) is 17.0. The minimum atomic E-state index is -2.59. The Kier molecular flexibility index (Phi) is 8.96. The van der Waals surface area contributed by atoms with Gasteiger partial charge in [0, 0.05) is 0 Å². The van der Waals surface area contributed by atoms with Crippen LogP contribution in [0.5, 0.6) is 0 Å². The van der Waals surface area contributed by atoms with Crippen molar-refractivity contribution in [1.29, 1.82) is 0 Å². The Morgan fingerprint density at radius 1 is 0.778 bits per heavy atom. The summed E-state index contributed by atoms with van der Waals surface area (Å²) in [7, 11) is 0. The molecule has 104 valence electrons. The molecule has 0 aromatic heterocycles. The van der Waals surface area contributed by atoms with E-state index in [9.17, 15) is 0 Å². The second-order valence-electron chi connectivity index (χ2n) is 5.72. The maximum atomic E-state index is 6.59. The molecule has 0 aliphatic carbocycles. The van der Waals surface area contributed by atoms with Gasteiger partial charge in [-0.05, 0) is 0 Å². The summed E-state index contributed by atoms with van der Waals surface area (Å²) in [5, 5.41) is 0. The van der Waals surface area contributed by atoms with Gasteiger partial charge in [-0.15, -0.1) is 0 Å². The van der Waals surface area contributed by atoms with Crippen LogP contribution in [0.15, 0.2) is 36.5 Å². The van der Waals surface area contributed by atoms with Gasteiger partial charge in [-0.2, -0.15) is 0 Å². The van der Waals surface area contributed by atoms with Crippen molar-refractivity contribution in [2.24, 2.45) is 0 Å². The van der Waals surface area contributed by atoms with Crippen molar-refractivity contribution in [3.63, 3.8) is 0 Å². The summed E-state index contributed by atoms with van der Waals surface area (Å²) in [5.74, 6) is 0. The first kappa shape index (κ1) is 18.0. The standard InChI is InChI=1S/C4H9O.3C4H7.Sn/c1-4(2,3)5;3*1-3-4-2;/h1-3H3;3*3-4H,1H2,2H3;/q-1;;;;+1. The molecule has 0 amide bonds. The van der Waals surface area contributed by atoms with Gasteiger partial charge in [-0.1, -0.05) is 0 Å². The molecular formula is C16H30OSn. The zero-order chi connectivity index (χ0) is 14.1. The quantitative estimate of drug-likeness (QED) is 0.433. The molecule has 0 aromatic carbocycles. The molecule has 18 heavy (non-hydrogen) atoms. The Labute approximate surface area is 118 Å². The van der Waals surface area contributed by atoms with Crippen LogP contribution in [-0.2, 0) is 3.07 Å². The van der Waals surface area contributed by atoms with Crippen LogP contribution in [0.1, 0.15) is 41.5 Å². The zero-order valence-corrected chi connectivity index (χ0v) is 15.8. The van der Waals surface area contributed by atoms with Crippen molar-refractivity contribution in [3.8, 4) is 0 Å². The Morgan fingerprint density at radius 2 is 1.11 bits per heavy atom. The molecular weight excluding hydrogens is 327 g/mol. The molecule has 0 bridgehead atoms. The molecule has 2 heteroatoms. The maximum absolute atomic E-state index is 6.59. The predicted octanol–water partition coefficient (Wildman–Crippen LogP) is 5.48. The minimum absolute atomic E-state index is 0.0270. The van der Waals surface area contributed by atoms with Crippen LogP contribution in [0.4, 0.5) is 0 Å². The van der Waals surface area contributed by atoms with Gasteiger partial charge in [0.25, 0.3) is 0 Å². The van der Waals surface area contributed by atoms with Gasteiger partial charge in [0.1, 0.15) is 0 Å². The topological polar surface area (TPSA) is 9.23 Å². The number of hydrogen-bond donors (Lipinski definition) is 0. The average molecular weight is 357 g/mol. The van der Waals surface area contributed by atoms with E-state index in [1.165, 1.54) is 0 Å². The fraction of sp³-hybridized carbons (Fsp3) is 0.625. The van der Waals surface area contributed by atoms with Gasteiger partial charge in [0.05, 0.1) is 0 Å². The Hall–Kier alpha value is -0.0213. The Bertz CT molecular complexity index is 259.